The molecule has 1 unspecified atom stereocenters. The van der Waals surface area contributed by atoms with E-state index in [4.69, 9.17) is 28.2 Å². The molecule has 4 aromatic carbocycles. The van der Waals surface area contributed by atoms with Crippen LogP contribution < -0.4 is 9.03 Å². The van der Waals surface area contributed by atoms with Crippen LogP contribution >= 0.6 is 23.2 Å². The molecule has 2 aliphatic rings. The van der Waals surface area contributed by atoms with E-state index >= 15 is 0 Å². The summed E-state index contributed by atoms with van der Waals surface area (Å²) in [4.78, 5) is 5.33. The van der Waals surface area contributed by atoms with E-state index in [-0.39, 0.29) is 5.92 Å². The van der Waals surface area contributed by atoms with E-state index in [1.165, 1.54) is 30.4 Å². The number of nitrogens with zero attached hydrogens (tertiary/aromatic N) is 3. The van der Waals surface area contributed by atoms with E-state index in [0.29, 0.717) is 21.7 Å². The number of hydrogen-bond acceptors (Lipinski definition) is 4. The van der Waals surface area contributed by atoms with Crippen molar-refractivity contribution in [2.24, 2.45) is 5.92 Å². The summed E-state index contributed by atoms with van der Waals surface area (Å²) in [6, 6.07) is 30.1. The lowest BCUT2D eigenvalue weighted by Crippen LogP contribution is -2.29. The predicted molar refractivity (Wildman–Crippen MR) is 189 cm³/mol. The van der Waals surface area contributed by atoms with Crippen LogP contribution in [0.25, 0.3) is 28.1 Å². The molecule has 1 atom stereocenters. The third-order valence-electron chi connectivity index (χ3n) is 9.14. The van der Waals surface area contributed by atoms with Gasteiger partial charge in [-0.25, -0.2) is 14.0 Å². The fourth-order valence-corrected chi connectivity index (χ4v) is 8.45. The number of aliphatic hydroxyl groups is 1. The smallest absolute Gasteiger partial charge is 0.330 e. The molecule has 5 aromatic rings. The standard InChI is InChI=1S/C37H34Cl2N4O3S/c1-24-20-30(43-23-35(44)41-47(43,45)46)17-19-34(24)42-22-33(31-18-16-29(38)21-32(31)39)40-37(42)36(27-10-6-3-7-11-27)28-14-12-26(13-15-28)25-8-4-2-5-9-25/h2,4-5,8-9,12-23,27,36,41,44H,3,6-7,10-11H2,1H3. The van der Waals surface area contributed by atoms with E-state index in [1.807, 2.05) is 37.4 Å². The van der Waals surface area contributed by atoms with Gasteiger partial charge in [0.05, 0.1) is 22.6 Å². The van der Waals surface area contributed by atoms with Gasteiger partial charge in [0.15, 0.2) is 0 Å². The zero-order valence-corrected chi connectivity index (χ0v) is 28.1. The van der Waals surface area contributed by atoms with Crippen molar-refractivity contribution in [3.63, 3.8) is 0 Å². The third-order valence-corrected chi connectivity index (χ3v) is 11.0. The molecule has 240 valence electrons. The first-order valence-corrected chi connectivity index (χ1v) is 17.9. The average Bonchev–Trinajstić information content (AvgIpc) is 3.61. The SMILES string of the molecule is Cc1cc(N2C=C(O)NS2(=O)=O)ccc1-n1cc(-c2ccc(Cl)cc2Cl)nc1C(c1ccc(-c2ccccc2)cc1)C1CCCCC1. The van der Waals surface area contributed by atoms with Gasteiger partial charge in [-0.3, -0.25) is 0 Å². The number of imidazole rings is 1. The van der Waals surface area contributed by atoms with Crippen LogP contribution in [0.4, 0.5) is 5.69 Å². The lowest BCUT2D eigenvalue weighted by molar-refractivity contribution is 0.319. The minimum Gasteiger partial charge on any atom is -0.493 e. The van der Waals surface area contributed by atoms with Gasteiger partial charge in [-0.1, -0.05) is 97.1 Å². The normalized spacial score (nSPS) is 16.9. The Morgan fingerprint density at radius 3 is 2.28 bits per heavy atom. The van der Waals surface area contributed by atoms with Gasteiger partial charge in [0, 0.05) is 28.4 Å². The summed E-state index contributed by atoms with van der Waals surface area (Å²) in [5.41, 5.74) is 7.15. The van der Waals surface area contributed by atoms with Gasteiger partial charge in [0.25, 0.3) is 0 Å². The third kappa shape index (κ3) is 6.25. The Labute approximate surface area is 285 Å². The Hall–Kier alpha value is -4.24. The lowest BCUT2D eigenvalue weighted by Gasteiger charge is -2.31. The molecular weight excluding hydrogens is 651 g/mol. The number of aryl methyl sites for hydroxylation is 1. The number of aromatic nitrogens is 2. The number of hydrogen-bond donors (Lipinski definition) is 2. The molecule has 2 N–H and O–H groups in total. The van der Waals surface area contributed by atoms with E-state index in [1.54, 1.807) is 18.2 Å². The number of aliphatic hydroxyl groups excluding tert-OH is 1. The highest BCUT2D eigenvalue weighted by atomic mass is 35.5. The van der Waals surface area contributed by atoms with Crippen LogP contribution in [0.5, 0.6) is 0 Å². The zero-order valence-electron chi connectivity index (χ0n) is 25.8. The molecule has 1 aliphatic carbocycles. The summed E-state index contributed by atoms with van der Waals surface area (Å²) in [6.45, 7) is 1.95. The maximum Gasteiger partial charge on any atom is 0.330 e. The van der Waals surface area contributed by atoms with Crippen molar-refractivity contribution in [1.82, 2.24) is 14.3 Å². The second-order valence-corrected chi connectivity index (χ2v) is 14.6. The Bertz CT molecular complexity index is 2070. The van der Waals surface area contributed by atoms with Crippen molar-refractivity contribution in [2.75, 3.05) is 4.31 Å². The topological polar surface area (TPSA) is 87.5 Å². The van der Waals surface area contributed by atoms with Gasteiger partial charge in [-0.2, -0.15) is 8.42 Å². The van der Waals surface area contributed by atoms with E-state index in [9.17, 15) is 13.5 Å². The van der Waals surface area contributed by atoms with Gasteiger partial charge < -0.3 is 9.67 Å². The molecule has 0 spiro atoms. The minimum atomic E-state index is -3.92. The van der Waals surface area contributed by atoms with Crippen LogP contribution in [0, 0.1) is 12.8 Å². The van der Waals surface area contributed by atoms with Crippen LogP contribution in [0.3, 0.4) is 0 Å². The number of anilines is 1. The van der Waals surface area contributed by atoms with Crippen LogP contribution in [0.1, 0.15) is 55.0 Å². The van der Waals surface area contributed by atoms with Crippen molar-refractivity contribution in [3.05, 3.63) is 136 Å². The fraction of sp³-hybridized carbons (Fsp3) is 0.216. The summed E-state index contributed by atoms with van der Waals surface area (Å²) in [5, 5.41) is 10.9. The zero-order chi connectivity index (χ0) is 32.7. The molecule has 0 amide bonds. The van der Waals surface area contributed by atoms with Crippen molar-refractivity contribution in [1.29, 1.82) is 0 Å². The Balaban J connectivity index is 1.38. The second kappa shape index (κ2) is 12.8. The Morgan fingerprint density at radius 2 is 1.62 bits per heavy atom. The van der Waals surface area contributed by atoms with Crippen LogP contribution in [-0.4, -0.2) is 23.1 Å². The fourth-order valence-electron chi connectivity index (χ4n) is 6.90. The van der Waals surface area contributed by atoms with Crippen molar-refractivity contribution < 1.29 is 13.5 Å². The first kappa shape index (κ1) is 31.4. The van der Waals surface area contributed by atoms with Gasteiger partial charge in [-0.15, -0.1) is 0 Å². The summed E-state index contributed by atoms with van der Waals surface area (Å²) in [6.07, 6.45) is 8.95. The lowest BCUT2D eigenvalue weighted by atomic mass is 9.76. The minimum absolute atomic E-state index is 0.00191. The molecule has 1 fully saturated rings. The molecule has 2 heterocycles. The van der Waals surface area contributed by atoms with Crippen LogP contribution in [0.15, 0.2) is 109 Å². The summed E-state index contributed by atoms with van der Waals surface area (Å²) >= 11 is 13.0. The molecule has 0 radical (unpaired) electrons. The molecule has 47 heavy (non-hydrogen) atoms. The molecule has 1 aliphatic heterocycles. The quantitative estimate of drug-likeness (QED) is 0.179. The predicted octanol–water partition coefficient (Wildman–Crippen LogP) is 9.55. The van der Waals surface area contributed by atoms with E-state index in [2.05, 4.69) is 57.8 Å². The first-order chi connectivity index (χ1) is 22.7. The van der Waals surface area contributed by atoms with Gasteiger partial charge >= 0.3 is 10.2 Å². The highest BCUT2D eigenvalue weighted by Gasteiger charge is 2.33. The first-order valence-electron chi connectivity index (χ1n) is 15.7. The van der Waals surface area contributed by atoms with Crippen LogP contribution in [0.2, 0.25) is 10.0 Å². The van der Waals surface area contributed by atoms with Gasteiger partial charge in [0.2, 0.25) is 5.88 Å². The largest absolute Gasteiger partial charge is 0.493 e. The second-order valence-electron chi connectivity index (χ2n) is 12.2. The Kier molecular flexibility index (Phi) is 8.51. The van der Waals surface area contributed by atoms with E-state index in [0.717, 1.165) is 57.2 Å². The summed E-state index contributed by atoms with van der Waals surface area (Å²) < 4.78 is 30.5. The van der Waals surface area contributed by atoms with E-state index < -0.39 is 16.1 Å². The molecule has 10 heteroatoms. The summed E-state index contributed by atoms with van der Waals surface area (Å²) in [7, 11) is -3.92. The molecular formula is C37H34Cl2N4O3S. The van der Waals surface area contributed by atoms with Crippen molar-refractivity contribution in [3.8, 4) is 28.1 Å². The molecule has 0 saturated heterocycles. The average molecular weight is 686 g/mol. The van der Waals surface area contributed by atoms with Crippen LogP contribution in [-0.2, 0) is 10.2 Å². The molecule has 7 rings (SSSR count). The highest BCUT2D eigenvalue weighted by Crippen LogP contribution is 2.43. The van der Waals surface area contributed by atoms with Gasteiger partial charge in [0.1, 0.15) is 5.82 Å². The molecule has 1 saturated carbocycles. The number of halogens is 2. The molecule has 0 bridgehead atoms. The number of rotatable bonds is 7. The Morgan fingerprint density at radius 1 is 0.894 bits per heavy atom. The molecule has 1 aromatic heterocycles. The number of benzene rings is 4. The van der Waals surface area contributed by atoms with Gasteiger partial charge in [-0.05, 0) is 84.3 Å². The molecule has 7 nitrogen and oxygen atoms in total. The number of nitrogens with one attached hydrogen (secondary N) is 1. The summed E-state index contributed by atoms with van der Waals surface area (Å²) in [5.74, 6) is 0.854. The highest BCUT2D eigenvalue weighted by molar-refractivity contribution is 7.91. The van der Waals surface area contributed by atoms with Crippen molar-refractivity contribution in [2.45, 2.75) is 44.9 Å². The maximum absolute atomic E-state index is 12.6. The van der Waals surface area contributed by atoms with Crippen molar-refractivity contribution >= 4 is 39.1 Å². The maximum atomic E-state index is 12.6. The monoisotopic (exact) mass is 684 g/mol.